The van der Waals surface area contributed by atoms with Crippen molar-refractivity contribution in [3.63, 3.8) is 0 Å². The standard InChI is InChI=1S/C13H11F3N2OS/c14-13(15,16)10-3-1-2-9(6-10)8-20(19)12-4-5-18-7-11(12)17/h1-7H,8,17H2. The van der Waals surface area contributed by atoms with Crippen LogP contribution < -0.4 is 5.73 Å². The van der Waals surface area contributed by atoms with E-state index in [-0.39, 0.29) is 11.4 Å². The third-order valence-electron chi connectivity index (χ3n) is 2.61. The van der Waals surface area contributed by atoms with Crippen LogP contribution in [0.15, 0.2) is 47.6 Å². The maximum Gasteiger partial charge on any atom is 0.416 e. The van der Waals surface area contributed by atoms with Gasteiger partial charge in [-0.1, -0.05) is 18.2 Å². The first-order valence-corrected chi connectivity index (χ1v) is 6.94. The Balaban J connectivity index is 2.23. The lowest BCUT2D eigenvalue weighted by molar-refractivity contribution is -0.137. The molecule has 1 heterocycles. The van der Waals surface area contributed by atoms with Gasteiger partial charge in [0, 0.05) is 6.20 Å². The van der Waals surface area contributed by atoms with E-state index < -0.39 is 22.5 Å². The lowest BCUT2D eigenvalue weighted by atomic mass is 10.1. The smallest absolute Gasteiger partial charge is 0.396 e. The molecule has 0 fully saturated rings. The summed E-state index contributed by atoms with van der Waals surface area (Å²) >= 11 is 0. The van der Waals surface area contributed by atoms with E-state index in [1.807, 2.05) is 0 Å². The normalized spacial score (nSPS) is 13.2. The molecule has 1 aromatic heterocycles. The van der Waals surface area contributed by atoms with Crippen LogP contribution in [0.25, 0.3) is 0 Å². The molecule has 0 saturated heterocycles. The fraction of sp³-hybridized carbons (Fsp3) is 0.154. The highest BCUT2D eigenvalue weighted by molar-refractivity contribution is 7.84. The van der Waals surface area contributed by atoms with Crippen LogP contribution in [0, 0.1) is 0 Å². The third-order valence-corrected chi connectivity index (χ3v) is 4.07. The van der Waals surface area contributed by atoms with Gasteiger partial charge in [-0.2, -0.15) is 13.2 Å². The molecular weight excluding hydrogens is 289 g/mol. The molecule has 2 rings (SSSR count). The molecule has 1 atom stereocenters. The van der Waals surface area contributed by atoms with E-state index in [1.165, 1.54) is 30.6 Å². The maximum absolute atomic E-state index is 12.6. The second-order valence-electron chi connectivity index (χ2n) is 4.10. The number of halogens is 3. The Morgan fingerprint density at radius 1 is 1.25 bits per heavy atom. The number of alkyl halides is 3. The predicted molar refractivity (Wildman–Crippen MR) is 70.2 cm³/mol. The summed E-state index contributed by atoms with van der Waals surface area (Å²) in [7, 11) is -1.51. The van der Waals surface area contributed by atoms with Crippen molar-refractivity contribution in [2.75, 3.05) is 5.73 Å². The van der Waals surface area contributed by atoms with Crippen LogP contribution in [-0.2, 0) is 22.7 Å². The average Bonchev–Trinajstić information content (AvgIpc) is 2.38. The van der Waals surface area contributed by atoms with Gasteiger partial charge < -0.3 is 5.73 Å². The largest absolute Gasteiger partial charge is 0.416 e. The van der Waals surface area contributed by atoms with Gasteiger partial charge in [-0.15, -0.1) is 0 Å². The summed E-state index contributed by atoms with van der Waals surface area (Å²) in [5.41, 5.74) is 5.49. The monoisotopic (exact) mass is 300 g/mol. The number of nitrogens with two attached hydrogens (primary N) is 1. The van der Waals surface area contributed by atoms with Crippen LogP contribution in [0.2, 0.25) is 0 Å². The highest BCUT2D eigenvalue weighted by Gasteiger charge is 2.30. The number of rotatable bonds is 3. The van der Waals surface area contributed by atoms with Gasteiger partial charge in [-0.3, -0.25) is 9.19 Å². The summed E-state index contributed by atoms with van der Waals surface area (Å²) in [4.78, 5) is 4.15. The predicted octanol–water partition coefficient (Wildman–Crippen LogP) is 2.99. The van der Waals surface area contributed by atoms with Crippen molar-refractivity contribution in [1.82, 2.24) is 4.98 Å². The van der Waals surface area contributed by atoms with Crippen molar-refractivity contribution < 1.29 is 17.4 Å². The molecule has 0 bridgehead atoms. The molecule has 106 valence electrons. The minimum Gasteiger partial charge on any atom is -0.396 e. The van der Waals surface area contributed by atoms with Crippen molar-refractivity contribution in [2.45, 2.75) is 16.8 Å². The molecule has 2 aromatic rings. The molecule has 2 N–H and O–H groups in total. The first kappa shape index (κ1) is 14.5. The second-order valence-corrected chi connectivity index (χ2v) is 5.52. The van der Waals surface area contributed by atoms with E-state index >= 15 is 0 Å². The van der Waals surface area contributed by atoms with Crippen LogP contribution in [0.3, 0.4) is 0 Å². The molecule has 0 spiro atoms. The van der Waals surface area contributed by atoms with Crippen molar-refractivity contribution in [3.05, 3.63) is 53.9 Å². The third kappa shape index (κ3) is 3.36. The van der Waals surface area contributed by atoms with Gasteiger partial charge in [0.25, 0.3) is 0 Å². The second kappa shape index (κ2) is 5.62. The fourth-order valence-electron chi connectivity index (χ4n) is 1.67. The SMILES string of the molecule is Nc1cnccc1S(=O)Cc1cccc(C(F)(F)F)c1. The number of hydrogen-bond acceptors (Lipinski definition) is 3. The van der Waals surface area contributed by atoms with Crippen LogP contribution in [0.4, 0.5) is 18.9 Å². The number of benzene rings is 1. The Kier molecular flexibility index (Phi) is 4.08. The quantitative estimate of drug-likeness (QED) is 0.948. The number of nitrogen functional groups attached to an aromatic ring is 1. The topological polar surface area (TPSA) is 56.0 Å². The van der Waals surface area contributed by atoms with E-state index in [0.717, 1.165) is 12.1 Å². The summed E-state index contributed by atoms with van der Waals surface area (Å²) < 4.78 is 49.9. The Labute approximate surface area is 116 Å². The van der Waals surface area contributed by atoms with Gasteiger partial charge in [0.2, 0.25) is 0 Å². The van der Waals surface area contributed by atoms with Crippen molar-refractivity contribution in [1.29, 1.82) is 0 Å². The molecule has 0 saturated carbocycles. The molecule has 1 aromatic carbocycles. The van der Waals surface area contributed by atoms with Gasteiger partial charge in [0.15, 0.2) is 0 Å². The van der Waals surface area contributed by atoms with E-state index in [9.17, 15) is 17.4 Å². The Hall–Kier alpha value is -1.89. The fourth-order valence-corrected chi connectivity index (χ4v) is 2.83. The van der Waals surface area contributed by atoms with Crippen LogP contribution in [-0.4, -0.2) is 9.19 Å². The molecule has 1 unspecified atom stereocenters. The summed E-state index contributed by atoms with van der Waals surface area (Å²) in [6, 6.07) is 6.28. The zero-order valence-corrected chi connectivity index (χ0v) is 11.0. The lowest BCUT2D eigenvalue weighted by Crippen LogP contribution is -2.06. The summed E-state index contributed by atoms with van der Waals surface area (Å²) in [5.74, 6) is -0.0296. The number of aromatic nitrogens is 1. The zero-order valence-electron chi connectivity index (χ0n) is 10.2. The summed E-state index contributed by atoms with van der Waals surface area (Å²) in [6.45, 7) is 0. The Morgan fingerprint density at radius 2 is 2.00 bits per heavy atom. The summed E-state index contributed by atoms with van der Waals surface area (Å²) in [5, 5.41) is 0. The molecule has 7 heteroatoms. The lowest BCUT2D eigenvalue weighted by Gasteiger charge is -2.09. The van der Waals surface area contributed by atoms with E-state index in [4.69, 9.17) is 5.73 Å². The van der Waals surface area contributed by atoms with E-state index in [1.54, 1.807) is 0 Å². The van der Waals surface area contributed by atoms with E-state index in [2.05, 4.69) is 4.98 Å². The van der Waals surface area contributed by atoms with Crippen LogP contribution in [0.1, 0.15) is 11.1 Å². The molecule has 20 heavy (non-hydrogen) atoms. The van der Waals surface area contributed by atoms with Crippen molar-refractivity contribution >= 4 is 16.5 Å². The maximum atomic E-state index is 12.6. The molecule has 0 aliphatic carbocycles. The molecule has 0 amide bonds. The molecule has 0 radical (unpaired) electrons. The van der Waals surface area contributed by atoms with Gasteiger partial charge in [0.05, 0.1) is 38.9 Å². The number of anilines is 1. The first-order chi connectivity index (χ1) is 9.38. The van der Waals surface area contributed by atoms with Crippen LogP contribution in [0.5, 0.6) is 0 Å². The number of hydrogen-bond donors (Lipinski definition) is 1. The van der Waals surface area contributed by atoms with Gasteiger partial charge in [-0.25, -0.2) is 0 Å². The van der Waals surface area contributed by atoms with Crippen molar-refractivity contribution in [3.8, 4) is 0 Å². The van der Waals surface area contributed by atoms with Crippen LogP contribution >= 0.6 is 0 Å². The van der Waals surface area contributed by atoms with Crippen molar-refractivity contribution in [2.24, 2.45) is 0 Å². The Bertz CT molecular complexity index is 644. The minimum atomic E-state index is -4.41. The highest BCUT2D eigenvalue weighted by Crippen LogP contribution is 2.30. The van der Waals surface area contributed by atoms with Gasteiger partial charge in [0.1, 0.15) is 0 Å². The first-order valence-electron chi connectivity index (χ1n) is 5.62. The van der Waals surface area contributed by atoms with E-state index in [0.29, 0.717) is 10.5 Å². The molecule has 3 nitrogen and oxygen atoms in total. The number of pyridine rings is 1. The highest BCUT2D eigenvalue weighted by atomic mass is 32.2. The van der Waals surface area contributed by atoms with Gasteiger partial charge >= 0.3 is 6.18 Å². The Morgan fingerprint density at radius 3 is 2.65 bits per heavy atom. The molecular formula is C13H11F3N2OS. The molecule has 0 aliphatic heterocycles. The van der Waals surface area contributed by atoms with Gasteiger partial charge in [-0.05, 0) is 17.7 Å². The minimum absolute atomic E-state index is 0.0296. The summed E-state index contributed by atoms with van der Waals surface area (Å²) in [6.07, 6.45) is -1.61. The average molecular weight is 300 g/mol. The number of nitrogens with zero attached hydrogens (tertiary/aromatic N) is 1. The molecule has 0 aliphatic rings. The zero-order chi connectivity index (χ0) is 14.8.